The van der Waals surface area contributed by atoms with Gasteiger partial charge in [-0.05, 0) is 53.4 Å². The van der Waals surface area contributed by atoms with Crippen LogP contribution in [-0.2, 0) is 11.2 Å². The number of fused-ring (bicyclic) bond motifs is 2. The Kier molecular flexibility index (Phi) is 4.25. The molecule has 3 aromatic rings. The fraction of sp³-hybridized carbons (Fsp3) is 0.190. The van der Waals surface area contributed by atoms with Gasteiger partial charge < -0.3 is 15.4 Å². The van der Waals surface area contributed by atoms with Crippen LogP contribution in [0.1, 0.15) is 12.0 Å². The van der Waals surface area contributed by atoms with Crippen LogP contribution in [0.5, 0.6) is 5.75 Å². The van der Waals surface area contributed by atoms with Crippen LogP contribution in [0.4, 0.5) is 11.4 Å². The molecule has 0 spiro atoms. The number of amides is 1. The highest BCUT2D eigenvalue weighted by Crippen LogP contribution is 2.25. The minimum absolute atomic E-state index is 0.0111. The largest absolute Gasteiger partial charge is 0.484 e. The van der Waals surface area contributed by atoms with Crippen molar-refractivity contribution >= 4 is 28.1 Å². The van der Waals surface area contributed by atoms with Crippen LogP contribution in [0.2, 0.25) is 0 Å². The van der Waals surface area contributed by atoms with Crippen molar-refractivity contribution in [2.24, 2.45) is 0 Å². The van der Waals surface area contributed by atoms with Crippen molar-refractivity contribution in [2.45, 2.75) is 12.8 Å². The minimum Gasteiger partial charge on any atom is -0.484 e. The Morgan fingerprint density at radius 3 is 2.84 bits per heavy atom. The quantitative estimate of drug-likeness (QED) is 0.752. The maximum atomic E-state index is 12.2. The van der Waals surface area contributed by atoms with Crippen LogP contribution in [-0.4, -0.2) is 19.1 Å². The fourth-order valence-corrected chi connectivity index (χ4v) is 3.14. The molecule has 0 atom stereocenters. The van der Waals surface area contributed by atoms with Gasteiger partial charge >= 0.3 is 0 Å². The zero-order valence-electron chi connectivity index (χ0n) is 13.9. The second-order valence-corrected chi connectivity index (χ2v) is 6.25. The lowest BCUT2D eigenvalue weighted by molar-refractivity contribution is -0.118. The number of benzene rings is 3. The molecular weight excluding hydrogens is 312 g/mol. The summed E-state index contributed by atoms with van der Waals surface area (Å²) in [6, 6.07) is 19.9. The van der Waals surface area contributed by atoms with E-state index < -0.39 is 0 Å². The Morgan fingerprint density at radius 2 is 1.92 bits per heavy atom. The van der Waals surface area contributed by atoms with Crippen LogP contribution in [0, 0.1) is 0 Å². The predicted octanol–water partition coefficient (Wildman–Crippen LogP) is 4.22. The van der Waals surface area contributed by atoms with Gasteiger partial charge in [-0.1, -0.05) is 36.4 Å². The molecule has 0 radical (unpaired) electrons. The molecule has 126 valence electrons. The van der Waals surface area contributed by atoms with Gasteiger partial charge in [-0.25, -0.2) is 0 Å². The van der Waals surface area contributed by atoms with Gasteiger partial charge in [0.15, 0.2) is 6.61 Å². The SMILES string of the molecule is O=C(COc1ccc2ccccc2c1)Nc1ccc2c(c1)NCCC2. The number of nitrogens with one attached hydrogen (secondary N) is 2. The van der Waals surface area contributed by atoms with Crippen molar-refractivity contribution in [3.63, 3.8) is 0 Å². The second kappa shape index (κ2) is 6.85. The average molecular weight is 332 g/mol. The first-order chi connectivity index (χ1) is 12.3. The highest BCUT2D eigenvalue weighted by molar-refractivity contribution is 5.92. The van der Waals surface area contributed by atoms with Crippen LogP contribution in [0.25, 0.3) is 10.8 Å². The average Bonchev–Trinajstić information content (AvgIpc) is 2.66. The molecule has 0 aliphatic carbocycles. The lowest BCUT2D eigenvalue weighted by atomic mass is 10.0. The van der Waals surface area contributed by atoms with Gasteiger partial charge in [0.1, 0.15) is 5.75 Å². The van der Waals surface area contributed by atoms with Crippen LogP contribution in [0.15, 0.2) is 60.7 Å². The van der Waals surface area contributed by atoms with Crippen molar-refractivity contribution in [3.05, 3.63) is 66.2 Å². The third-order valence-corrected chi connectivity index (χ3v) is 4.42. The van der Waals surface area contributed by atoms with Crippen molar-refractivity contribution in [1.29, 1.82) is 0 Å². The van der Waals surface area contributed by atoms with E-state index in [1.165, 1.54) is 5.56 Å². The fourth-order valence-electron chi connectivity index (χ4n) is 3.14. The molecule has 0 unspecified atom stereocenters. The first-order valence-corrected chi connectivity index (χ1v) is 8.56. The van der Waals surface area contributed by atoms with Gasteiger partial charge in [0.05, 0.1) is 0 Å². The zero-order valence-corrected chi connectivity index (χ0v) is 13.9. The van der Waals surface area contributed by atoms with Crippen molar-refractivity contribution in [1.82, 2.24) is 0 Å². The lowest BCUT2D eigenvalue weighted by Crippen LogP contribution is -2.20. The molecule has 0 saturated carbocycles. The molecule has 25 heavy (non-hydrogen) atoms. The summed E-state index contributed by atoms with van der Waals surface area (Å²) in [4.78, 5) is 12.2. The number of rotatable bonds is 4. The zero-order chi connectivity index (χ0) is 17.1. The third kappa shape index (κ3) is 3.58. The highest BCUT2D eigenvalue weighted by atomic mass is 16.5. The lowest BCUT2D eigenvalue weighted by Gasteiger charge is -2.19. The molecule has 0 fully saturated rings. The van der Waals surface area contributed by atoms with Crippen molar-refractivity contribution in [3.8, 4) is 5.75 Å². The molecule has 1 amide bonds. The number of ether oxygens (including phenoxy) is 1. The second-order valence-electron chi connectivity index (χ2n) is 6.25. The summed E-state index contributed by atoms with van der Waals surface area (Å²) < 4.78 is 5.63. The summed E-state index contributed by atoms with van der Waals surface area (Å²) >= 11 is 0. The molecule has 4 nitrogen and oxygen atoms in total. The number of anilines is 2. The normalized spacial score (nSPS) is 13.0. The van der Waals surface area contributed by atoms with Crippen molar-refractivity contribution < 1.29 is 9.53 Å². The monoisotopic (exact) mass is 332 g/mol. The Hall–Kier alpha value is -3.01. The molecule has 1 aliphatic rings. The predicted molar refractivity (Wildman–Crippen MR) is 101 cm³/mol. The van der Waals surface area contributed by atoms with E-state index in [2.05, 4.69) is 22.8 Å². The number of carbonyl (C=O) groups excluding carboxylic acids is 1. The van der Waals surface area contributed by atoms with Crippen LogP contribution >= 0.6 is 0 Å². The molecule has 2 N–H and O–H groups in total. The summed E-state index contributed by atoms with van der Waals surface area (Å²) in [6.07, 6.45) is 2.24. The minimum atomic E-state index is -0.163. The third-order valence-electron chi connectivity index (χ3n) is 4.42. The van der Waals surface area contributed by atoms with Crippen LogP contribution < -0.4 is 15.4 Å². The molecular formula is C21H20N2O2. The first-order valence-electron chi connectivity index (χ1n) is 8.56. The highest BCUT2D eigenvalue weighted by Gasteiger charge is 2.10. The molecule has 4 heteroatoms. The molecule has 1 heterocycles. The molecule has 0 bridgehead atoms. The smallest absolute Gasteiger partial charge is 0.262 e. The van der Waals surface area contributed by atoms with E-state index in [0.29, 0.717) is 5.75 Å². The van der Waals surface area contributed by atoms with E-state index in [9.17, 15) is 4.79 Å². The van der Waals surface area contributed by atoms with Crippen LogP contribution in [0.3, 0.4) is 0 Å². The number of aryl methyl sites for hydroxylation is 1. The first kappa shape index (κ1) is 15.5. The maximum absolute atomic E-state index is 12.2. The van der Waals surface area contributed by atoms with E-state index in [0.717, 1.165) is 41.5 Å². The Balaban J connectivity index is 1.38. The number of carbonyl (C=O) groups is 1. The molecule has 3 aromatic carbocycles. The topological polar surface area (TPSA) is 50.4 Å². The van der Waals surface area contributed by atoms with Gasteiger partial charge in [0, 0.05) is 17.9 Å². The van der Waals surface area contributed by atoms with Crippen molar-refractivity contribution in [2.75, 3.05) is 23.8 Å². The molecule has 1 aliphatic heterocycles. The number of hydrogen-bond donors (Lipinski definition) is 2. The summed E-state index contributed by atoms with van der Waals surface area (Å²) in [5.41, 5.74) is 3.21. The van der Waals surface area contributed by atoms with E-state index in [-0.39, 0.29) is 12.5 Å². The summed E-state index contributed by atoms with van der Waals surface area (Å²) in [7, 11) is 0. The summed E-state index contributed by atoms with van der Waals surface area (Å²) in [6.45, 7) is 0.971. The summed E-state index contributed by atoms with van der Waals surface area (Å²) in [5.74, 6) is 0.532. The van der Waals surface area contributed by atoms with Gasteiger partial charge in [0.25, 0.3) is 5.91 Å². The Bertz CT molecular complexity index is 921. The van der Waals surface area contributed by atoms with E-state index in [1.54, 1.807) is 0 Å². The molecule has 4 rings (SSSR count). The van der Waals surface area contributed by atoms with E-state index in [1.807, 2.05) is 48.5 Å². The van der Waals surface area contributed by atoms with E-state index >= 15 is 0 Å². The molecule has 0 saturated heterocycles. The van der Waals surface area contributed by atoms with Gasteiger partial charge in [-0.3, -0.25) is 4.79 Å². The number of hydrogen-bond acceptors (Lipinski definition) is 3. The van der Waals surface area contributed by atoms with E-state index in [4.69, 9.17) is 4.74 Å². The Labute approximate surface area is 146 Å². The van der Waals surface area contributed by atoms with Gasteiger partial charge in [0.2, 0.25) is 0 Å². The Morgan fingerprint density at radius 1 is 1.04 bits per heavy atom. The standard InChI is InChI=1S/C21H20N2O2/c24-21(23-18-9-7-16-6-3-11-22-20(16)13-18)14-25-19-10-8-15-4-1-2-5-17(15)12-19/h1-2,4-5,7-10,12-13,22H,3,6,11,14H2,(H,23,24). The summed E-state index contributed by atoms with van der Waals surface area (Å²) in [5, 5.41) is 8.52. The van der Waals surface area contributed by atoms with Gasteiger partial charge in [-0.2, -0.15) is 0 Å². The van der Waals surface area contributed by atoms with Gasteiger partial charge in [-0.15, -0.1) is 0 Å². The molecule has 0 aromatic heterocycles. The maximum Gasteiger partial charge on any atom is 0.262 e.